The minimum Gasteiger partial charge on any atom is -0.207 e. The van der Waals surface area contributed by atoms with Crippen molar-refractivity contribution in [1.29, 1.82) is 0 Å². The van der Waals surface area contributed by atoms with Crippen LogP contribution in [-0.4, -0.2) is 0 Å². The maximum atomic E-state index is 13.2. The second-order valence-corrected chi connectivity index (χ2v) is 3.77. The highest BCUT2D eigenvalue weighted by Crippen LogP contribution is 2.26. The lowest BCUT2D eigenvalue weighted by molar-refractivity contribution is 0.628. The topological polar surface area (TPSA) is 0 Å². The van der Waals surface area contributed by atoms with Gasteiger partial charge in [-0.15, -0.1) is 0 Å². The Labute approximate surface area is 89.4 Å². The van der Waals surface area contributed by atoms with Gasteiger partial charge in [0.2, 0.25) is 0 Å². The lowest BCUT2D eigenvalue weighted by Crippen LogP contribution is -1.87. The highest BCUT2D eigenvalue weighted by Gasteiger charge is 2.05. The van der Waals surface area contributed by atoms with E-state index in [9.17, 15) is 4.39 Å². The first-order valence-corrected chi connectivity index (χ1v) is 5.00. The Kier molecular flexibility index (Phi) is 2.55. The summed E-state index contributed by atoms with van der Waals surface area (Å²) in [5.74, 6) is -0.182. The summed E-state index contributed by atoms with van der Waals surface area (Å²) in [6.45, 7) is 4.04. The zero-order valence-corrected chi connectivity index (χ0v) is 8.92. The number of hydrogen-bond donors (Lipinski definition) is 0. The van der Waals surface area contributed by atoms with Gasteiger partial charge < -0.3 is 0 Å². The lowest BCUT2D eigenvalue weighted by Gasteiger charge is -2.08. The van der Waals surface area contributed by atoms with Gasteiger partial charge in [0, 0.05) is 0 Å². The molecule has 0 aliphatic heterocycles. The van der Waals surface area contributed by atoms with E-state index in [-0.39, 0.29) is 5.82 Å². The van der Waals surface area contributed by atoms with Gasteiger partial charge in [-0.1, -0.05) is 30.3 Å². The Bertz CT molecular complexity index is 486. The zero-order valence-electron chi connectivity index (χ0n) is 8.92. The first-order chi connectivity index (χ1) is 7.18. The van der Waals surface area contributed by atoms with Crippen LogP contribution in [0.1, 0.15) is 11.1 Å². The van der Waals surface area contributed by atoms with Crippen LogP contribution in [0.15, 0.2) is 42.5 Å². The largest absolute Gasteiger partial charge is 0.207 e. The van der Waals surface area contributed by atoms with Gasteiger partial charge in [-0.05, 0) is 48.2 Å². The monoisotopic (exact) mass is 199 g/mol. The Balaban J connectivity index is 2.64. The van der Waals surface area contributed by atoms with Gasteiger partial charge in [0.25, 0.3) is 0 Å². The molecular formula is C14H13F. The highest BCUT2D eigenvalue weighted by atomic mass is 18.2. The second-order valence-electron chi connectivity index (χ2n) is 3.77. The maximum absolute atomic E-state index is 13.2. The molecule has 0 atom stereocenters. The van der Waals surface area contributed by atoms with Crippen molar-refractivity contribution in [3.05, 3.63) is 59.4 Å². The van der Waals surface area contributed by atoms with Crippen LogP contribution >= 0.6 is 0 Å². The van der Waals surface area contributed by atoms with Crippen LogP contribution in [0.4, 0.5) is 4.39 Å². The highest BCUT2D eigenvalue weighted by molar-refractivity contribution is 5.70. The third-order valence-corrected chi connectivity index (χ3v) is 2.63. The molecule has 0 spiro atoms. The molecule has 0 heterocycles. The van der Waals surface area contributed by atoms with E-state index in [2.05, 4.69) is 0 Å². The van der Waals surface area contributed by atoms with Crippen molar-refractivity contribution in [1.82, 2.24) is 0 Å². The van der Waals surface area contributed by atoms with E-state index in [1.54, 1.807) is 6.07 Å². The van der Waals surface area contributed by atoms with E-state index in [4.69, 9.17) is 0 Å². The summed E-state index contributed by atoms with van der Waals surface area (Å²) >= 11 is 0. The van der Waals surface area contributed by atoms with Crippen molar-refractivity contribution >= 4 is 0 Å². The molecule has 0 radical (unpaired) electrons. The molecule has 2 rings (SSSR count). The molecule has 0 unspecified atom stereocenters. The fourth-order valence-corrected chi connectivity index (χ4v) is 1.76. The van der Waals surface area contributed by atoms with Crippen molar-refractivity contribution in [2.45, 2.75) is 13.8 Å². The molecule has 2 aromatic rings. The van der Waals surface area contributed by atoms with Crippen molar-refractivity contribution < 1.29 is 4.39 Å². The molecule has 15 heavy (non-hydrogen) atoms. The van der Waals surface area contributed by atoms with E-state index in [1.807, 2.05) is 44.2 Å². The van der Waals surface area contributed by atoms with Crippen molar-refractivity contribution in [2.75, 3.05) is 0 Å². The Hall–Kier alpha value is -1.63. The average molecular weight is 199 g/mol. The first-order valence-electron chi connectivity index (χ1n) is 5.00. The Morgan fingerprint density at radius 3 is 2.20 bits per heavy atom. The fourth-order valence-electron chi connectivity index (χ4n) is 1.76. The lowest BCUT2D eigenvalue weighted by atomic mass is 9.97. The number of rotatable bonds is 1. The standard InChI is InChI=1S/C14H13F/c1-10-5-3-4-6-13(10)14-9-12(15)8-7-11(14)2/h3-9H,1-2H3/i15-1. The Morgan fingerprint density at radius 2 is 1.47 bits per heavy atom. The minimum absolute atomic E-state index is 0.182. The van der Waals surface area contributed by atoms with Gasteiger partial charge in [-0.25, -0.2) is 4.39 Å². The Morgan fingerprint density at radius 1 is 0.800 bits per heavy atom. The quantitative estimate of drug-likeness (QED) is 0.648. The van der Waals surface area contributed by atoms with Crippen molar-refractivity contribution in [2.24, 2.45) is 0 Å². The summed E-state index contributed by atoms with van der Waals surface area (Å²) in [7, 11) is 0. The summed E-state index contributed by atoms with van der Waals surface area (Å²) in [5.41, 5.74) is 4.36. The third-order valence-electron chi connectivity index (χ3n) is 2.63. The number of halogens is 1. The third kappa shape index (κ3) is 1.91. The van der Waals surface area contributed by atoms with E-state index >= 15 is 0 Å². The molecule has 0 saturated heterocycles. The average Bonchev–Trinajstić information content (AvgIpc) is 2.23. The predicted octanol–water partition coefficient (Wildman–Crippen LogP) is 4.11. The summed E-state index contributed by atoms with van der Waals surface area (Å²) in [4.78, 5) is 0. The second kappa shape index (κ2) is 3.85. The molecule has 0 bridgehead atoms. The van der Waals surface area contributed by atoms with Crippen LogP contribution in [-0.2, 0) is 0 Å². The number of aryl methyl sites for hydroxylation is 2. The molecule has 0 aromatic heterocycles. The molecule has 0 amide bonds. The van der Waals surface area contributed by atoms with Crippen LogP contribution in [0.5, 0.6) is 0 Å². The number of benzene rings is 2. The molecule has 2 aromatic carbocycles. The van der Waals surface area contributed by atoms with Crippen LogP contribution in [0.2, 0.25) is 0 Å². The van der Waals surface area contributed by atoms with Crippen molar-refractivity contribution in [3.8, 4) is 11.1 Å². The first kappa shape index (κ1) is 9.91. The van der Waals surface area contributed by atoms with Crippen LogP contribution in [0, 0.1) is 19.7 Å². The minimum atomic E-state index is -0.182. The normalized spacial score (nSPS) is 10.3. The van der Waals surface area contributed by atoms with Crippen LogP contribution in [0.25, 0.3) is 11.1 Å². The molecule has 0 fully saturated rings. The van der Waals surface area contributed by atoms with E-state index in [1.165, 1.54) is 11.6 Å². The molecule has 0 aliphatic carbocycles. The van der Waals surface area contributed by atoms with E-state index in [0.29, 0.717) is 0 Å². The molecule has 0 aliphatic rings. The van der Waals surface area contributed by atoms with Gasteiger partial charge >= 0.3 is 0 Å². The summed E-state index contributed by atoms with van der Waals surface area (Å²) in [6.07, 6.45) is 0. The van der Waals surface area contributed by atoms with Gasteiger partial charge in [0.05, 0.1) is 0 Å². The van der Waals surface area contributed by atoms with Crippen molar-refractivity contribution in [3.63, 3.8) is 0 Å². The zero-order chi connectivity index (χ0) is 10.8. The summed E-state index contributed by atoms with van der Waals surface area (Å²) < 4.78 is 13.2. The van der Waals surface area contributed by atoms with Gasteiger partial charge in [-0.3, -0.25) is 0 Å². The summed E-state index contributed by atoms with van der Waals surface area (Å²) in [6, 6.07) is 12.9. The SMILES string of the molecule is Cc1ccccc1-c1cc([18F])ccc1C. The van der Waals surface area contributed by atoms with Crippen LogP contribution < -0.4 is 0 Å². The number of hydrogen-bond acceptors (Lipinski definition) is 0. The van der Waals surface area contributed by atoms with E-state index < -0.39 is 0 Å². The molecular weight excluding hydrogens is 186 g/mol. The molecule has 76 valence electrons. The van der Waals surface area contributed by atoms with Crippen LogP contribution in [0.3, 0.4) is 0 Å². The predicted molar refractivity (Wildman–Crippen MR) is 61.3 cm³/mol. The maximum Gasteiger partial charge on any atom is 0.123 e. The molecule has 0 nitrogen and oxygen atoms in total. The molecule has 0 saturated carbocycles. The smallest absolute Gasteiger partial charge is 0.123 e. The molecule has 0 N–H and O–H groups in total. The molecule has 1 heteroatoms. The van der Waals surface area contributed by atoms with Gasteiger partial charge in [-0.2, -0.15) is 0 Å². The fraction of sp³-hybridized carbons (Fsp3) is 0.143. The van der Waals surface area contributed by atoms with Gasteiger partial charge in [0.1, 0.15) is 5.82 Å². The van der Waals surface area contributed by atoms with E-state index in [0.717, 1.165) is 16.7 Å². The van der Waals surface area contributed by atoms with Gasteiger partial charge in [0.15, 0.2) is 0 Å². The summed E-state index contributed by atoms with van der Waals surface area (Å²) in [5, 5.41) is 0.